The standard InChI is InChI=1S/C19H26N4/c1-4-5-6-7-8-9-16-14-21-23(15-16)18-11-10-17(13-20)19(12-18)22(2)3/h10-12,14-15H,4-9H2,1-3H3. The first-order valence-electron chi connectivity index (χ1n) is 8.41. The van der Waals surface area contributed by atoms with Crippen LogP contribution in [-0.2, 0) is 6.42 Å². The number of hydrogen-bond donors (Lipinski definition) is 0. The van der Waals surface area contributed by atoms with Gasteiger partial charge in [-0.1, -0.05) is 32.6 Å². The van der Waals surface area contributed by atoms with Gasteiger partial charge in [0.15, 0.2) is 0 Å². The second-order valence-electron chi connectivity index (χ2n) is 6.17. The lowest BCUT2D eigenvalue weighted by Crippen LogP contribution is -2.11. The first kappa shape index (κ1) is 17.1. The second kappa shape index (κ2) is 8.38. The third-order valence-corrected chi connectivity index (χ3v) is 4.05. The van der Waals surface area contributed by atoms with Crippen LogP contribution in [0.4, 0.5) is 5.69 Å². The fraction of sp³-hybridized carbons (Fsp3) is 0.474. The monoisotopic (exact) mass is 310 g/mol. The van der Waals surface area contributed by atoms with Crippen LogP contribution in [0.25, 0.3) is 5.69 Å². The van der Waals surface area contributed by atoms with Crippen LogP contribution >= 0.6 is 0 Å². The molecule has 2 rings (SSSR count). The lowest BCUT2D eigenvalue weighted by molar-refractivity contribution is 0.632. The molecule has 0 aliphatic rings. The van der Waals surface area contributed by atoms with Crippen molar-refractivity contribution in [2.24, 2.45) is 0 Å². The Morgan fingerprint density at radius 1 is 1.17 bits per heavy atom. The fourth-order valence-electron chi connectivity index (χ4n) is 2.69. The number of nitrogens with zero attached hydrogens (tertiary/aromatic N) is 4. The van der Waals surface area contributed by atoms with Crippen molar-refractivity contribution in [2.75, 3.05) is 19.0 Å². The largest absolute Gasteiger partial charge is 0.377 e. The molecule has 1 aromatic carbocycles. The summed E-state index contributed by atoms with van der Waals surface area (Å²) < 4.78 is 1.90. The molecular formula is C19H26N4. The maximum absolute atomic E-state index is 9.19. The van der Waals surface area contributed by atoms with Gasteiger partial charge in [0, 0.05) is 20.3 Å². The van der Waals surface area contributed by atoms with Crippen LogP contribution in [0, 0.1) is 11.3 Å². The number of anilines is 1. The number of aryl methyl sites for hydroxylation is 1. The van der Waals surface area contributed by atoms with E-state index in [0.717, 1.165) is 17.8 Å². The SMILES string of the molecule is CCCCCCCc1cnn(-c2ccc(C#N)c(N(C)C)c2)c1. The minimum Gasteiger partial charge on any atom is -0.377 e. The first-order valence-corrected chi connectivity index (χ1v) is 8.41. The molecule has 0 spiro atoms. The Morgan fingerprint density at radius 2 is 1.96 bits per heavy atom. The first-order chi connectivity index (χ1) is 11.2. The van der Waals surface area contributed by atoms with Crippen molar-refractivity contribution < 1.29 is 0 Å². The Kier molecular flexibility index (Phi) is 6.22. The Bertz CT molecular complexity index is 664. The highest BCUT2D eigenvalue weighted by molar-refractivity contribution is 5.62. The molecule has 122 valence electrons. The summed E-state index contributed by atoms with van der Waals surface area (Å²) in [5.41, 5.74) is 3.87. The molecule has 1 heterocycles. The van der Waals surface area contributed by atoms with E-state index >= 15 is 0 Å². The molecule has 0 bridgehead atoms. The van der Waals surface area contributed by atoms with Crippen LogP contribution < -0.4 is 4.90 Å². The highest BCUT2D eigenvalue weighted by atomic mass is 15.3. The van der Waals surface area contributed by atoms with Gasteiger partial charge in [-0.25, -0.2) is 4.68 Å². The summed E-state index contributed by atoms with van der Waals surface area (Å²) in [6, 6.07) is 8.05. The molecule has 0 fully saturated rings. The highest BCUT2D eigenvalue weighted by Gasteiger charge is 2.08. The average molecular weight is 310 g/mol. The van der Waals surface area contributed by atoms with Gasteiger partial charge in [-0.15, -0.1) is 0 Å². The van der Waals surface area contributed by atoms with Crippen molar-refractivity contribution in [3.8, 4) is 11.8 Å². The zero-order valence-corrected chi connectivity index (χ0v) is 14.4. The van der Waals surface area contributed by atoms with Gasteiger partial charge < -0.3 is 4.90 Å². The average Bonchev–Trinajstić information content (AvgIpc) is 3.03. The second-order valence-corrected chi connectivity index (χ2v) is 6.17. The number of benzene rings is 1. The third-order valence-electron chi connectivity index (χ3n) is 4.05. The predicted octanol–water partition coefficient (Wildman–Crippen LogP) is 4.32. The molecule has 1 aromatic heterocycles. The van der Waals surface area contributed by atoms with E-state index in [9.17, 15) is 5.26 Å². The molecule has 0 saturated carbocycles. The van der Waals surface area contributed by atoms with E-state index in [0.29, 0.717) is 5.56 Å². The van der Waals surface area contributed by atoms with E-state index in [2.05, 4.69) is 24.3 Å². The van der Waals surface area contributed by atoms with Crippen molar-refractivity contribution in [3.63, 3.8) is 0 Å². The molecular weight excluding hydrogens is 284 g/mol. The van der Waals surface area contributed by atoms with E-state index in [-0.39, 0.29) is 0 Å². The van der Waals surface area contributed by atoms with Crippen molar-refractivity contribution in [2.45, 2.75) is 45.4 Å². The number of aromatic nitrogens is 2. The van der Waals surface area contributed by atoms with Gasteiger partial charge in [0.05, 0.1) is 23.1 Å². The predicted molar refractivity (Wildman–Crippen MR) is 95.1 cm³/mol. The van der Waals surface area contributed by atoms with Crippen molar-refractivity contribution in [1.29, 1.82) is 5.26 Å². The lowest BCUT2D eigenvalue weighted by atomic mass is 10.1. The minimum absolute atomic E-state index is 0.682. The normalized spacial score (nSPS) is 10.5. The number of hydrogen-bond acceptors (Lipinski definition) is 3. The molecule has 0 aliphatic heterocycles. The zero-order chi connectivity index (χ0) is 16.7. The Hall–Kier alpha value is -2.28. The molecule has 0 aliphatic carbocycles. The molecule has 23 heavy (non-hydrogen) atoms. The maximum Gasteiger partial charge on any atom is 0.101 e. The van der Waals surface area contributed by atoms with Crippen LogP contribution in [-0.4, -0.2) is 23.9 Å². The van der Waals surface area contributed by atoms with E-state index in [4.69, 9.17) is 0 Å². The highest BCUT2D eigenvalue weighted by Crippen LogP contribution is 2.22. The molecule has 4 nitrogen and oxygen atoms in total. The van der Waals surface area contributed by atoms with Crippen LogP contribution in [0.5, 0.6) is 0 Å². The topological polar surface area (TPSA) is 44.9 Å². The van der Waals surface area contributed by atoms with Crippen LogP contribution in [0.1, 0.15) is 50.2 Å². The Labute approximate surface area is 139 Å². The molecule has 0 unspecified atom stereocenters. The summed E-state index contributed by atoms with van der Waals surface area (Å²) in [5.74, 6) is 0. The molecule has 0 radical (unpaired) electrons. The van der Waals surface area contributed by atoms with E-state index in [1.54, 1.807) is 0 Å². The summed E-state index contributed by atoms with van der Waals surface area (Å²) in [5, 5.41) is 13.7. The van der Waals surface area contributed by atoms with E-state index in [1.807, 2.05) is 48.1 Å². The summed E-state index contributed by atoms with van der Waals surface area (Å²) >= 11 is 0. The summed E-state index contributed by atoms with van der Waals surface area (Å²) in [4.78, 5) is 1.96. The van der Waals surface area contributed by atoms with Crippen LogP contribution in [0.2, 0.25) is 0 Å². The minimum atomic E-state index is 0.682. The summed E-state index contributed by atoms with van der Waals surface area (Å²) in [6.45, 7) is 2.24. The molecule has 0 atom stereocenters. The smallest absolute Gasteiger partial charge is 0.101 e. The van der Waals surface area contributed by atoms with Gasteiger partial charge in [-0.2, -0.15) is 10.4 Å². The zero-order valence-electron chi connectivity index (χ0n) is 14.4. The van der Waals surface area contributed by atoms with E-state index < -0.39 is 0 Å². The van der Waals surface area contributed by atoms with Gasteiger partial charge in [-0.3, -0.25) is 0 Å². The number of unbranched alkanes of at least 4 members (excludes halogenated alkanes) is 4. The summed E-state index contributed by atoms with van der Waals surface area (Å²) in [7, 11) is 3.90. The van der Waals surface area contributed by atoms with Crippen LogP contribution in [0.3, 0.4) is 0 Å². The molecule has 4 heteroatoms. The fourth-order valence-corrected chi connectivity index (χ4v) is 2.69. The van der Waals surface area contributed by atoms with Gasteiger partial charge in [0.2, 0.25) is 0 Å². The molecule has 0 amide bonds. The third kappa shape index (κ3) is 4.59. The number of rotatable bonds is 8. The van der Waals surface area contributed by atoms with E-state index in [1.165, 1.54) is 37.7 Å². The van der Waals surface area contributed by atoms with Crippen molar-refractivity contribution >= 4 is 5.69 Å². The summed E-state index contributed by atoms with van der Waals surface area (Å²) in [6.07, 6.45) is 11.6. The van der Waals surface area contributed by atoms with Gasteiger partial charge in [0.1, 0.15) is 6.07 Å². The molecule has 0 N–H and O–H groups in total. The van der Waals surface area contributed by atoms with Crippen molar-refractivity contribution in [3.05, 3.63) is 41.7 Å². The Balaban J connectivity index is 2.05. The molecule has 0 saturated heterocycles. The quantitative estimate of drug-likeness (QED) is 0.682. The van der Waals surface area contributed by atoms with Gasteiger partial charge in [-0.05, 0) is 36.6 Å². The number of nitriles is 1. The van der Waals surface area contributed by atoms with Crippen LogP contribution in [0.15, 0.2) is 30.6 Å². The van der Waals surface area contributed by atoms with Gasteiger partial charge >= 0.3 is 0 Å². The maximum atomic E-state index is 9.19. The van der Waals surface area contributed by atoms with Gasteiger partial charge in [0.25, 0.3) is 0 Å². The lowest BCUT2D eigenvalue weighted by Gasteiger charge is -2.15. The van der Waals surface area contributed by atoms with Crippen molar-refractivity contribution in [1.82, 2.24) is 9.78 Å². The Morgan fingerprint density at radius 3 is 2.65 bits per heavy atom. The molecule has 2 aromatic rings.